The number of ether oxygens (including phenoxy) is 1. The number of anilines is 1. The Morgan fingerprint density at radius 3 is 2.70 bits per heavy atom. The van der Waals surface area contributed by atoms with E-state index in [1.54, 1.807) is 31.6 Å². The number of benzene rings is 2. The van der Waals surface area contributed by atoms with Gasteiger partial charge in [-0.1, -0.05) is 53.7 Å². The first-order valence-electron chi connectivity index (χ1n) is 10.3. The van der Waals surface area contributed by atoms with Crippen LogP contribution in [-0.2, 0) is 11.3 Å². The molecule has 0 spiro atoms. The Balaban J connectivity index is 1.59. The summed E-state index contributed by atoms with van der Waals surface area (Å²) >= 11 is 7.42. The average molecular weight is 483 g/mol. The fourth-order valence-corrected chi connectivity index (χ4v) is 4.35. The van der Waals surface area contributed by atoms with Crippen molar-refractivity contribution >= 4 is 35.0 Å². The number of methoxy groups -OCH3 is 1. The van der Waals surface area contributed by atoms with Crippen molar-refractivity contribution in [3.05, 3.63) is 77.2 Å². The van der Waals surface area contributed by atoms with Gasteiger partial charge in [0, 0.05) is 5.02 Å². The molecule has 170 valence electrons. The van der Waals surface area contributed by atoms with Crippen LogP contribution >= 0.6 is 23.4 Å². The zero-order valence-corrected chi connectivity index (χ0v) is 20.0. The van der Waals surface area contributed by atoms with Gasteiger partial charge in [0.05, 0.1) is 36.4 Å². The Kier molecular flexibility index (Phi) is 7.05. The topological polar surface area (TPSA) is 82.2 Å². The van der Waals surface area contributed by atoms with Crippen LogP contribution in [-0.4, -0.2) is 33.0 Å². The van der Waals surface area contributed by atoms with Crippen molar-refractivity contribution in [1.82, 2.24) is 14.8 Å². The molecule has 0 radical (unpaired) electrons. The quantitative estimate of drug-likeness (QED) is 0.325. The smallest absolute Gasteiger partial charge is 0.237 e. The molecular formula is C24H23ClN4O3S. The molecule has 2 heterocycles. The van der Waals surface area contributed by atoms with E-state index in [-0.39, 0.29) is 5.91 Å². The number of hydrogen-bond acceptors (Lipinski definition) is 6. The molecule has 1 unspecified atom stereocenters. The Morgan fingerprint density at radius 1 is 1.21 bits per heavy atom. The molecule has 4 rings (SSSR count). The first kappa shape index (κ1) is 22.9. The lowest BCUT2D eigenvalue weighted by atomic mass is 10.2. The van der Waals surface area contributed by atoms with Crippen molar-refractivity contribution in [3.8, 4) is 17.1 Å². The van der Waals surface area contributed by atoms with Gasteiger partial charge < -0.3 is 14.5 Å². The lowest BCUT2D eigenvalue weighted by Gasteiger charge is -2.15. The summed E-state index contributed by atoms with van der Waals surface area (Å²) in [4.78, 5) is 13.0. The van der Waals surface area contributed by atoms with Gasteiger partial charge >= 0.3 is 0 Å². The summed E-state index contributed by atoms with van der Waals surface area (Å²) in [6.45, 7) is 4.27. The van der Waals surface area contributed by atoms with Gasteiger partial charge in [-0.15, -0.1) is 10.2 Å². The third kappa shape index (κ3) is 5.23. The van der Waals surface area contributed by atoms with E-state index in [2.05, 4.69) is 15.5 Å². The van der Waals surface area contributed by atoms with E-state index in [4.69, 9.17) is 20.8 Å². The average Bonchev–Trinajstić information content (AvgIpc) is 3.40. The molecule has 0 aliphatic heterocycles. The lowest BCUT2D eigenvalue weighted by molar-refractivity contribution is -0.115. The van der Waals surface area contributed by atoms with E-state index in [9.17, 15) is 4.79 Å². The summed E-state index contributed by atoms with van der Waals surface area (Å²) in [5.74, 6) is 1.79. The van der Waals surface area contributed by atoms with Crippen LogP contribution in [0, 0.1) is 6.92 Å². The van der Waals surface area contributed by atoms with E-state index in [1.807, 2.05) is 54.8 Å². The summed E-state index contributed by atoms with van der Waals surface area (Å²) < 4.78 is 12.8. The third-order valence-corrected chi connectivity index (χ3v) is 6.39. The highest BCUT2D eigenvalue weighted by atomic mass is 35.5. The van der Waals surface area contributed by atoms with E-state index >= 15 is 0 Å². The monoisotopic (exact) mass is 482 g/mol. The minimum absolute atomic E-state index is 0.198. The van der Waals surface area contributed by atoms with Crippen molar-refractivity contribution in [3.63, 3.8) is 0 Å². The highest BCUT2D eigenvalue weighted by Crippen LogP contribution is 2.32. The first-order valence-corrected chi connectivity index (χ1v) is 11.5. The number of carbonyl (C=O) groups excluding carboxylic acids is 1. The van der Waals surface area contributed by atoms with E-state index < -0.39 is 5.25 Å². The highest BCUT2D eigenvalue weighted by molar-refractivity contribution is 8.00. The largest absolute Gasteiger partial charge is 0.495 e. The molecule has 0 fully saturated rings. The number of rotatable bonds is 8. The van der Waals surface area contributed by atoms with Crippen LogP contribution in [0.5, 0.6) is 5.75 Å². The van der Waals surface area contributed by atoms with Gasteiger partial charge in [-0.2, -0.15) is 0 Å². The van der Waals surface area contributed by atoms with Gasteiger partial charge in [-0.3, -0.25) is 9.36 Å². The zero-order valence-electron chi connectivity index (χ0n) is 18.4. The van der Waals surface area contributed by atoms with Crippen LogP contribution in [0.2, 0.25) is 5.02 Å². The number of carbonyl (C=O) groups is 1. The number of furan rings is 1. The van der Waals surface area contributed by atoms with Crippen molar-refractivity contribution in [2.75, 3.05) is 12.4 Å². The second kappa shape index (κ2) is 10.1. The minimum Gasteiger partial charge on any atom is -0.495 e. The molecule has 1 atom stereocenters. The molecule has 0 saturated carbocycles. The Morgan fingerprint density at radius 2 is 2.00 bits per heavy atom. The number of halogens is 1. The Hall–Kier alpha value is -3.23. The molecular weight excluding hydrogens is 460 g/mol. The molecule has 1 N–H and O–H groups in total. The minimum atomic E-state index is -0.453. The van der Waals surface area contributed by atoms with Gasteiger partial charge in [0.15, 0.2) is 11.0 Å². The van der Waals surface area contributed by atoms with Crippen LogP contribution in [0.1, 0.15) is 18.2 Å². The molecule has 1 amide bonds. The Labute approximate surface area is 201 Å². The number of hydrogen-bond donors (Lipinski definition) is 1. The van der Waals surface area contributed by atoms with Crippen LogP contribution in [0.3, 0.4) is 0 Å². The molecule has 9 heteroatoms. The standard InChI is InChI=1S/C24H23ClN4O3S/c1-15-19(11-12-32-15)22-27-28-24(29(22)14-17-7-5-4-6-8-17)33-16(2)23(30)26-20-13-18(25)9-10-21(20)31-3/h4-13,16H,14H2,1-3H3,(H,26,30). The summed E-state index contributed by atoms with van der Waals surface area (Å²) in [6.07, 6.45) is 1.63. The summed E-state index contributed by atoms with van der Waals surface area (Å²) in [6, 6.07) is 17.0. The van der Waals surface area contributed by atoms with Crippen LogP contribution in [0.25, 0.3) is 11.4 Å². The highest BCUT2D eigenvalue weighted by Gasteiger charge is 2.23. The fourth-order valence-electron chi connectivity index (χ4n) is 3.32. The van der Waals surface area contributed by atoms with Crippen molar-refractivity contribution < 1.29 is 13.9 Å². The maximum Gasteiger partial charge on any atom is 0.237 e. The van der Waals surface area contributed by atoms with Crippen molar-refractivity contribution in [1.29, 1.82) is 0 Å². The molecule has 2 aromatic heterocycles. The molecule has 0 saturated heterocycles. The fraction of sp³-hybridized carbons (Fsp3) is 0.208. The second-order valence-electron chi connectivity index (χ2n) is 7.36. The number of amides is 1. The van der Waals surface area contributed by atoms with Gasteiger partial charge in [0.25, 0.3) is 0 Å². The van der Waals surface area contributed by atoms with E-state index in [1.165, 1.54) is 11.8 Å². The SMILES string of the molecule is COc1ccc(Cl)cc1NC(=O)C(C)Sc1nnc(-c2ccoc2C)n1Cc1ccccc1. The van der Waals surface area contributed by atoms with Crippen LogP contribution < -0.4 is 10.1 Å². The van der Waals surface area contributed by atoms with E-state index in [0.717, 1.165) is 16.9 Å². The summed E-state index contributed by atoms with van der Waals surface area (Å²) in [5, 5.41) is 12.4. The molecule has 0 aliphatic carbocycles. The Bertz CT molecular complexity index is 1260. The molecule has 0 bridgehead atoms. The van der Waals surface area contributed by atoms with Gasteiger partial charge in [0.1, 0.15) is 11.5 Å². The first-order chi connectivity index (χ1) is 16.0. The number of aromatic nitrogens is 3. The maximum absolute atomic E-state index is 13.0. The van der Waals surface area contributed by atoms with Gasteiger partial charge in [-0.05, 0) is 43.7 Å². The summed E-state index contributed by atoms with van der Waals surface area (Å²) in [5.41, 5.74) is 2.48. The summed E-state index contributed by atoms with van der Waals surface area (Å²) in [7, 11) is 1.54. The van der Waals surface area contributed by atoms with Crippen LogP contribution in [0.15, 0.2) is 70.4 Å². The number of aryl methyl sites for hydroxylation is 1. The van der Waals surface area contributed by atoms with Gasteiger partial charge in [-0.25, -0.2) is 0 Å². The molecule has 2 aromatic carbocycles. The predicted molar refractivity (Wildman–Crippen MR) is 130 cm³/mol. The van der Waals surface area contributed by atoms with Crippen molar-refractivity contribution in [2.45, 2.75) is 30.8 Å². The molecule has 33 heavy (non-hydrogen) atoms. The van der Waals surface area contributed by atoms with E-state index in [0.29, 0.717) is 34.0 Å². The van der Waals surface area contributed by atoms with Crippen LogP contribution in [0.4, 0.5) is 5.69 Å². The van der Waals surface area contributed by atoms with Crippen molar-refractivity contribution in [2.24, 2.45) is 0 Å². The lowest BCUT2D eigenvalue weighted by Crippen LogP contribution is -2.23. The molecule has 7 nitrogen and oxygen atoms in total. The molecule has 0 aliphatic rings. The van der Waals surface area contributed by atoms with Gasteiger partial charge in [0.2, 0.25) is 5.91 Å². The predicted octanol–water partition coefficient (Wildman–Crippen LogP) is 5.68. The number of nitrogens with one attached hydrogen (secondary N) is 1. The molecule has 4 aromatic rings. The zero-order chi connectivity index (χ0) is 23.4. The second-order valence-corrected chi connectivity index (χ2v) is 9.11. The number of nitrogens with zero attached hydrogens (tertiary/aromatic N) is 3. The normalized spacial score (nSPS) is 11.9. The number of thioether (sulfide) groups is 1. The third-order valence-electron chi connectivity index (χ3n) is 5.07. The maximum atomic E-state index is 13.0.